The number of ether oxygens (including phenoxy) is 2. The van der Waals surface area contributed by atoms with E-state index in [0.717, 1.165) is 49.5 Å². The van der Waals surface area contributed by atoms with Crippen LogP contribution in [0.3, 0.4) is 0 Å². The van der Waals surface area contributed by atoms with Crippen molar-refractivity contribution in [2.24, 2.45) is 0 Å². The number of rotatable bonds is 10. The molecule has 0 bridgehead atoms. The lowest BCUT2D eigenvalue weighted by atomic mass is 10.1. The van der Waals surface area contributed by atoms with Gasteiger partial charge in [-0.25, -0.2) is 0 Å². The van der Waals surface area contributed by atoms with Gasteiger partial charge in [0.2, 0.25) is 0 Å². The number of benzene rings is 1. The largest absolute Gasteiger partial charge is 0.491 e. The Balaban J connectivity index is 1.42. The van der Waals surface area contributed by atoms with E-state index in [1.54, 1.807) is 0 Å². The van der Waals surface area contributed by atoms with E-state index in [4.69, 9.17) is 14.0 Å². The molecular weight excluding hydrogens is 278 g/mol. The molecule has 0 aliphatic rings. The predicted octanol–water partition coefficient (Wildman–Crippen LogP) is 4.10. The number of aryl methyl sites for hydroxylation is 3. The molecule has 0 aliphatic carbocycles. The van der Waals surface area contributed by atoms with Crippen molar-refractivity contribution in [3.63, 3.8) is 0 Å². The Hall–Kier alpha value is -1.81. The second kappa shape index (κ2) is 9.26. The van der Waals surface area contributed by atoms with Gasteiger partial charge in [-0.15, -0.1) is 0 Å². The van der Waals surface area contributed by atoms with Crippen molar-refractivity contribution < 1.29 is 14.0 Å². The number of nitrogens with zero attached hydrogens (tertiary/aromatic N) is 1. The summed E-state index contributed by atoms with van der Waals surface area (Å²) in [6.45, 7) is 6.01. The summed E-state index contributed by atoms with van der Waals surface area (Å²) in [6.07, 6.45) is 4.31. The maximum atomic E-state index is 5.61. The summed E-state index contributed by atoms with van der Waals surface area (Å²) in [5.74, 6) is 1.78. The highest BCUT2D eigenvalue weighted by atomic mass is 16.5. The molecule has 0 atom stereocenters. The molecule has 0 unspecified atom stereocenters. The van der Waals surface area contributed by atoms with Gasteiger partial charge in [0, 0.05) is 12.7 Å². The van der Waals surface area contributed by atoms with E-state index in [-0.39, 0.29) is 0 Å². The van der Waals surface area contributed by atoms with Crippen LogP contribution in [0.2, 0.25) is 0 Å². The topological polar surface area (TPSA) is 44.5 Å². The van der Waals surface area contributed by atoms with Crippen molar-refractivity contribution in [1.82, 2.24) is 5.16 Å². The zero-order chi connectivity index (χ0) is 15.6. The van der Waals surface area contributed by atoms with Crippen LogP contribution in [0.5, 0.6) is 5.75 Å². The van der Waals surface area contributed by atoms with Crippen LogP contribution in [-0.2, 0) is 11.2 Å². The molecule has 0 radical (unpaired) electrons. The van der Waals surface area contributed by atoms with Gasteiger partial charge in [0.05, 0.1) is 12.3 Å². The Morgan fingerprint density at radius 1 is 0.955 bits per heavy atom. The second-order valence-electron chi connectivity index (χ2n) is 5.51. The molecule has 0 amide bonds. The molecular formula is C18H25NO3. The minimum absolute atomic E-state index is 0.598. The fourth-order valence-corrected chi connectivity index (χ4v) is 2.18. The molecule has 0 aliphatic heterocycles. The number of unbranched alkanes of at least 4 members (excludes halogenated alkanes) is 2. The Bertz CT molecular complexity index is 534. The molecule has 22 heavy (non-hydrogen) atoms. The highest BCUT2D eigenvalue weighted by molar-refractivity contribution is 5.26. The summed E-state index contributed by atoms with van der Waals surface area (Å²) < 4.78 is 16.2. The first-order chi connectivity index (χ1) is 10.7. The van der Waals surface area contributed by atoms with Crippen LogP contribution in [0, 0.1) is 13.8 Å². The Morgan fingerprint density at radius 2 is 1.77 bits per heavy atom. The van der Waals surface area contributed by atoms with Crippen molar-refractivity contribution in [2.45, 2.75) is 39.5 Å². The Kier molecular flexibility index (Phi) is 6.97. The Labute approximate surface area is 132 Å². The first-order valence-electron chi connectivity index (χ1n) is 7.93. The third kappa shape index (κ3) is 6.31. The summed E-state index contributed by atoms with van der Waals surface area (Å²) in [5.41, 5.74) is 2.29. The maximum absolute atomic E-state index is 5.61. The van der Waals surface area contributed by atoms with Gasteiger partial charge in [-0.3, -0.25) is 0 Å². The van der Waals surface area contributed by atoms with Gasteiger partial charge < -0.3 is 14.0 Å². The first-order valence-corrected chi connectivity index (χ1v) is 7.93. The Morgan fingerprint density at radius 3 is 2.50 bits per heavy atom. The van der Waals surface area contributed by atoms with E-state index in [1.165, 1.54) is 5.56 Å². The number of aromatic nitrogens is 1. The molecule has 0 N–H and O–H groups in total. The summed E-state index contributed by atoms with van der Waals surface area (Å²) in [7, 11) is 0. The van der Waals surface area contributed by atoms with E-state index >= 15 is 0 Å². The zero-order valence-corrected chi connectivity index (χ0v) is 13.5. The lowest BCUT2D eigenvalue weighted by Gasteiger charge is -2.07. The fourth-order valence-electron chi connectivity index (χ4n) is 2.18. The average Bonchev–Trinajstić information content (AvgIpc) is 2.93. The molecule has 4 nitrogen and oxygen atoms in total. The lowest BCUT2D eigenvalue weighted by Crippen LogP contribution is -2.07. The molecule has 0 spiro atoms. The molecule has 120 valence electrons. The van der Waals surface area contributed by atoms with Crippen LogP contribution in [-0.4, -0.2) is 25.0 Å². The number of hydrogen-bond acceptors (Lipinski definition) is 4. The maximum Gasteiger partial charge on any atom is 0.133 e. The molecule has 2 rings (SSSR count). The highest BCUT2D eigenvalue weighted by Crippen LogP contribution is 2.11. The van der Waals surface area contributed by atoms with E-state index < -0.39 is 0 Å². The van der Waals surface area contributed by atoms with Crippen LogP contribution in [0.25, 0.3) is 0 Å². The minimum Gasteiger partial charge on any atom is -0.491 e. The monoisotopic (exact) mass is 303 g/mol. The van der Waals surface area contributed by atoms with Crippen LogP contribution in [0.15, 0.2) is 34.9 Å². The fraction of sp³-hybridized carbons (Fsp3) is 0.500. The van der Waals surface area contributed by atoms with E-state index in [0.29, 0.717) is 13.2 Å². The van der Waals surface area contributed by atoms with Gasteiger partial charge in [-0.1, -0.05) is 29.3 Å². The number of hydrogen-bond donors (Lipinski definition) is 0. The smallest absolute Gasteiger partial charge is 0.133 e. The first kappa shape index (κ1) is 16.6. The van der Waals surface area contributed by atoms with Crippen molar-refractivity contribution >= 4 is 0 Å². The highest BCUT2D eigenvalue weighted by Gasteiger charge is 2.00. The molecule has 0 fully saturated rings. The van der Waals surface area contributed by atoms with Crippen molar-refractivity contribution in [3.05, 3.63) is 47.3 Å². The molecule has 1 aromatic heterocycles. The van der Waals surface area contributed by atoms with Gasteiger partial charge in [0.25, 0.3) is 0 Å². The molecule has 1 aromatic carbocycles. The van der Waals surface area contributed by atoms with Crippen LogP contribution in [0.1, 0.15) is 36.3 Å². The van der Waals surface area contributed by atoms with E-state index in [9.17, 15) is 0 Å². The van der Waals surface area contributed by atoms with Crippen molar-refractivity contribution in [1.29, 1.82) is 0 Å². The standard InChI is InChI=1S/C18H25NO3/c1-15-7-9-18(10-8-15)21-13-12-20-11-5-3-4-6-17-14-16(2)22-19-17/h7-10,14H,3-6,11-13H2,1-2H3. The van der Waals surface area contributed by atoms with E-state index in [2.05, 4.69) is 12.1 Å². The quantitative estimate of drug-likeness (QED) is 0.620. The van der Waals surface area contributed by atoms with E-state index in [1.807, 2.05) is 37.3 Å². The summed E-state index contributed by atoms with van der Waals surface area (Å²) in [5, 5.41) is 3.99. The zero-order valence-electron chi connectivity index (χ0n) is 13.5. The van der Waals surface area contributed by atoms with Gasteiger partial charge in [-0.2, -0.15) is 0 Å². The molecule has 2 aromatic rings. The van der Waals surface area contributed by atoms with Gasteiger partial charge in [0.1, 0.15) is 18.1 Å². The summed E-state index contributed by atoms with van der Waals surface area (Å²) >= 11 is 0. The van der Waals surface area contributed by atoms with Gasteiger partial charge in [-0.05, 0) is 45.2 Å². The molecule has 4 heteroatoms. The van der Waals surface area contributed by atoms with Crippen LogP contribution < -0.4 is 4.74 Å². The van der Waals surface area contributed by atoms with Crippen LogP contribution in [0.4, 0.5) is 0 Å². The van der Waals surface area contributed by atoms with Crippen LogP contribution >= 0.6 is 0 Å². The van der Waals surface area contributed by atoms with Crippen molar-refractivity contribution in [2.75, 3.05) is 19.8 Å². The van der Waals surface area contributed by atoms with Gasteiger partial charge in [0.15, 0.2) is 0 Å². The van der Waals surface area contributed by atoms with Crippen molar-refractivity contribution in [3.8, 4) is 5.75 Å². The average molecular weight is 303 g/mol. The summed E-state index contributed by atoms with van der Waals surface area (Å²) in [6, 6.07) is 10.1. The summed E-state index contributed by atoms with van der Waals surface area (Å²) in [4.78, 5) is 0. The van der Waals surface area contributed by atoms with Gasteiger partial charge >= 0.3 is 0 Å². The molecule has 1 heterocycles. The lowest BCUT2D eigenvalue weighted by molar-refractivity contribution is 0.0971. The third-order valence-electron chi connectivity index (χ3n) is 3.42. The third-order valence-corrected chi connectivity index (χ3v) is 3.42. The predicted molar refractivity (Wildman–Crippen MR) is 86.3 cm³/mol. The minimum atomic E-state index is 0.598. The molecule has 0 saturated heterocycles. The molecule has 0 saturated carbocycles. The second-order valence-corrected chi connectivity index (χ2v) is 5.51. The SMILES string of the molecule is Cc1ccc(OCCOCCCCCc2cc(C)on2)cc1. The normalized spacial score (nSPS) is 10.8.